The molecule has 2 aromatic heterocycles. The molecule has 6 heteroatoms. The van der Waals surface area contributed by atoms with Crippen molar-refractivity contribution in [3.63, 3.8) is 0 Å². The van der Waals surface area contributed by atoms with E-state index in [0.29, 0.717) is 9.40 Å². The quantitative estimate of drug-likeness (QED) is 0.827. The molecular formula is C8H4O4S2. The van der Waals surface area contributed by atoms with Crippen LogP contribution in [0.1, 0.15) is 20.0 Å². The third-order valence-corrected chi connectivity index (χ3v) is 3.91. The van der Waals surface area contributed by atoms with Crippen LogP contribution in [0.25, 0.3) is 9.40 Å². The Labute approximate surface area is 86.0 Å². The number of thiophene rings is 2. The smallest absolute Gasteiger partial charge is 0.346 e. The molecule has 2 aromatic rings. The Balaban J connectivity index is 2.82. The Morgan fingerprint density at radius 3 is 2.50 bits per heavy atom. The van der Waals surface area contributed by atoms with Crippen molar-refractivity contribution in [1.82, 2.24) is 0 Å². The van der Waals surface area contributed by atoms with E-state index in [9.17, 15) is 9.59 Å². The van der Waals surface area contributed by atoms with Crippen molar-refractivity contribution in [1.29, 1.82) is 0 Å². The molecule has 0 aliphatic rings. The lowest BCUT2D eigenvalue weighted by Crippen LogP contribution is -2.03. The van der Waals surface area contributed by atoms with E-state index < -0.39 is 11.9 Å². The second-order valence-corrected chi connectivity index (χ2v) is 4.50. The monoisotopic (exact) mass is 228 g/mol. The molecular weight excluding hydrogens is 224 g/mol. The zero-order valence-electron chi connectivity index (χ0n) is 6.68. The van der Waals surface area contributed by atoms with Gasteiger partial charge in [-0.25, -0.2) is 9.59 Å². The Hall–Kier alpha value is -1.40. The second-order valence-electron chi connectivity index (χ2n) is 2.53. The van der Waals surface area contributed by atoms with Gasteiger partial charge in [0.25, 0.3) is 0 Å². The number of carboxylic acids is 2. The fourth-order valence-electron chi connectivity index (χ4n) is 1.17. The number of fused-ring (bicyclic) bond motifs is 1. The van der Waals surface area contributed by atoms with Gasteiger partial charge >= 0.3 is 11.9 Å². The van der Waals surface area contributed by atoms with Gasteiger partial charge in [-0.05, 0) is 11.4 Å². The van der Waals surface area contributed by atoms with E-state index in [1.165, 1.54) is 11.3 Å². The number of rotatable bonds is 2. The van der Waals surface area contributed by atoms with E-state index in [0.717, 1.165) is 11.3 Å². The van der Waals surface area contributed by atoms with E-state index in [4.69, 9.17) is 10.2 Å². The first-order valence-corrected chi connectivity index (χ1v) is 5.27. The molecule has 0 bridgehead atoms. The molecule has 0 unspecified atom stereocenters. The highest BCUT2D eigenvalue weighted by Gasteiger charge is 2.23. The maximum Gasteiger partial charge on any atom is 0.346 e. The Kier molecular flexibility index (Phi) is 2.01. The zero-order valence-corrected chi connectivity index (χ0v) is 8.32. The normalized spacial score (nSPS) is 10.6. The standard InChI is InChI=1S/C8H4O4S2/c9-7(10)4-5-3(1-2-13-5)14-6(4)8(11)12/h1-2H,(H,9,10)(H,11,12). The Bertz CT molecular complexity index is 522. The molecule has 0 aromatic carbocycles. The van der Waals surface area contributed by atoms with Crippen LogP contribution in [0.15, 0.2) is 11.4 Å². The molecule has 0 aliphatic carbocycles. The highest BCUT2D eigenvalue weighted by Crippen LogP contribution is 2.35. The lowest BCUT2D eigenvalue weighted by molar-refractivity contribution is 0.0658. The van der Waals surface area contributed by atoms with Crippen LogP contribution >= 0.6 is 22.7 Å². The molecule has 0 saturated heterocycles. The van der Waals surface area contributed by atoms with Crippen molar-refractivity contribution in [3.05, 3.63) is 21.9 Å². The Morgan fingerprint density at radius 2 is 1.93 bits per heavy atom. The minimum atomic E-state index is -1.18. The number of aromatic carboxylic acids is 2. The summed E-state index contributed by atoms with van der Waals surface area (Å²) in [5.41, 5.74) is -0.0903. The summed E-state index contributed by atoms with van der Waals surface area (Å²) in [6.07, 6.45) is 0. The van der Waals surface area contributed by atoms with Gasteiger partial charge in [-0.2, -0.15) is 0 Å². The van der Waals surface area contributed by atoms with Crippen molar-refractivity contribution in [2.24, 2.45) is 0 Å². The lowest BCUT2D eigenvalue weighted by Gasteiger charge is -1.91. The van der Waals surface area contributed by atoms with Gasteiger partial charge in [0.2, 0.25) is 0 Å². The van der Waals surface area contributed by atoms with Gasteiger partial charge in [-0.15, -0.1) is 22.7 Å². The molecule has 2 N–H and O–H groups in total. The molecule has 0 aliphatic heterocycles. The maximum atomic E-state index is 10.8. The molecule has 0 fully saturated rings. The average Bonchev–Trinajstić information content (AvgIpc) is 2.58. The molecule has 0 amide bonds. The van der Waals surface area contributed by atoms with Crippen molar-refractivity contribution in [2.75, 3.05) is 0 Å². The fraction of sp³-hybridized carbons (Fsp3) is 0. The van der Waals surface area contributed by atoms with E-state index in [1.807, 2.05) is 0 Å². The molecule has 0 spiro atoms. The Morgan fingerprint density at radius 1 is 1.21 bits per heavy atom. The molecule has 0 radical (unpaired) electrons. The van der Waals surface area contributed by atoms with Crippen molar-refractivity contribution < 1.29 is 19.8 Å². The number of hydrogen-bond acceptors (Lipinski definition) is 4. The van der Waals surface area contributed by atoms with Crippen LogP contribution in [0.4, 0.5) is 0 Å². The molecule has 2 rings (SSSR count). The van der Waals surface area contributed by atoms with Crippen LogP contribution in [0.2, 0.25) is 0 Å². The molecule has 14 heavy (non-hydrogen) atoms. The van der Waals surface area contributed by atoms with Crippen LogP contribution < -0.4 is 0 Å². The molecule has 0 saturated carbocycles. The topological polar surface area (TPSA) is 74.6 Å². The SMILES string of the molecule is O=C(O)c1sc2ccsc2c1C(=O)O. The third-order valence-electron chi connectivity index (χ3n) is 1.70. The summed E-state index contributed by atoms with van der Waals surface area (Å²) in [5, 5.41) is 19.4. The first-order chi connectivity index (χ1) is 6.61. The molecule has 4 nitrogen and oxygen atoms in total. The van der Waals surface area contributed by atoms with Crippen molar-refractivity contribution >= 4 is 44.0 Å². The first kappa shape index (κ1) is 9.17. The van der Waals surface area contributed by atoms with E-state index in [2.05, 4.69) is 0 Å². The maximum absolute atomic E-state index is 10.8. The average molecular weight is 228 g/mol. The predicted octanol–water partition coefficient (Wildman–Crippen LogP) is 2.36. The number of carbonyl (C=O) groups is 2. The van der Waals surface area contributed by atoms with Gasteiger partial charge in [0.1, 0.15) is 10.4 Å². The van der Waals surface area contributed by atoms with E-state index in [1.54, 1.807) is 11.4 Å². The second kappa shape index (κ2) is 3.07. The summed E-state index contributed by atoms with van der Waals surface area (Å²) < 4.78 is 1.25. The lowest BCUT2D eigenvalue weighted by atomic mass is 10.2. The number of hydrogen-bond donors (Lipinski definition) is 2. The summed E-state index contributed by atoms with van der Waals surface area (Å²) >= 11 is 2.24. The minimum Gasteiger partial charge on any atom is -0.478 e. The van der Waals surface area contributed by atoms with Gasteiger partial charge < -0.3 is 10.2 Å². The largest absolute Gasteiger partial charge is 0.478 e. The first-order valence-electron chi connectivity index (χ1n) is 3.58. The summed E-state index contributed by atoms with van der Waals surface area (Å²) in [5.74, 6) is -2.37. The molecule has 72 valence electrons. The minimum absolute atomic E-state index is 0.0903. The summed E-state index contributed by atoms with van der Waals surface area (Å²) in [4.78, 5) is 21.5. The van der Waals surface area contributed by atoms with Crippen LogP contribution in [-0.4, -0.2) is 22.2 Å². The van der Waals surface area contributed by atoms with Crippen LogP contribution in [0, 0.1) is 0 Å². The summed E-state index contributed by atoms with van der Waals surface area (Å²) in [7, 11) is 0. The van der Waals surface area contributed by atoms with Gasteiger partial charge in [0.15, 0.2) is 0 Å². The van der Waals surface area contributed by atoms with Gasteiger partial charge in [-0.1, -0.05) is 0 Å². The van der Waals surface area contributed by atoms with Crippen LogP contribution in [0.5, 0.6) is 0 Å². The van der Waals surface area contributed by atoms with E-state index in [-0.39, 0.29) is 10.4 Å². The highest BCUT2D eigenvalue weighted by molar-refractivity contribution is 7.28. The van der Waals surface area contributed by atoms with Crippen LogP contribution in [-0.2, 0) is 0 Å². The van der Waals surface area contributed by atoms with Gasteiger partial charge in [0.05, 0.1) is 4.70 Å². The predicted molar refractivity (Wildman–Crippen MR) is 53.6 cm³/mol. The zero-order chi connectivity index (χ0) is 10.3. The van der Waals surface area contributed by atoms with E-state index >= 15 is 0 Å². The van der Waals surface area contributed by atoms with Gasteiger partial charge in [-0.3, -0.25) is 0 Å². The number of carboxylic acid groups (broad SMARTS) is 2. The molecule has 0 atom stereocenters. The van der Waals surface area contributed by atoms with Crippen LogP contribution in [0.3, 0.4) is 0 Å². The summed E-state index contributed by atoms with van der Waals surface area (Å²) in [6.45, 7) is 0. The summed E-state index contributed by atoms with van der Waals surface area (Å²) in [6, 6.07) is 1.73. The highest BCUT2D eigenvalue weighted by atomic mass is 32.1. The van der Waals surface area contributed by atoms with Crippen molar-refractivity contribution in [2.45, 2.75) is 0 Å². The molecule has 2 heterocycles. The third kappa shape index (κ3) is 1.19. The van der Waals surface area contributed by atoms with Crippen molar-refractivity contribution in [3.8, 4) is 0 Å². The fourth-order valence-corrected chi connectivity index (χ4v) is 3.35. The van der Waals surface area contributed by atoms with Gasteiger partial charge in [0, 0.05) is 4.70 Å².